The van der Waals surface area contributed by atoms with Crippen LogP contribution in [0.4, 0.5) is 17.1 Å². The lowest BCUT2D eigenvalue weighted by atomic mass is 10.1. The van der Waals surface area contributed by atoms with Crippen LogP contribution in [0.5, 0.6) is 11.5 Å². The minimum atomic E-state index is -0.668. The van der Waals surface area contributed by atoms with E-state index < -0.39 is 9.85 Å². The second kappa shape index (κ2) is 7.26. The summed E-state index contributed by atoms with van der Waals surface area (Å²) in [6, 6.07) is 8.57. The number of nitro benzene ring substituents is 2. The number of non-ortho nitro benzene ring substituents is 1. The van der Waals surface area contributed by atoms with Gasteiger partial charge in [0, 0.05) is 37.8 Å². The molecule has 0 atom stereocenters. The Bertz CT molecular complexity index is 1000. The highest BCUT2D eigenvalue weighted by atomic mass is 16.7. The molecule has 2 aliphatic heterocycles. The van der Waals surface area contributed by atoms with Gasteiger partial charge >= 0.3 is 0 Å². The van der Waals surface area contributed by atoms with E-state index in [-0.39, 0.29) is 24.1 Å². The summed E-state index contributed by atoms with van der Waals surface area (Å²) in [7, 11) is 0. The molecule has 0 aromatic heterocycles. The average molecular weight is 400 g/mol. The number of amides is 1. The maximum absolute atomic E-state index is 12.8. The van der Waals surface area contributed by atoms with Crippen LogP contribution < -0.4 is 14.4 Å². The Morgan fingerprint density at radius 1 is 0.897 bits per heavy atom. The fraction of sp³-hybridized carbons (Fsp3) is 0.278. The van der Waals surface area contributed by atoms with Gasteiger partial charge in [-0.1, -0.05) is 0 Å². The van der Waals surface area contributed by atoms with Crippen molar-refractivity contribution >= 4 is 23.0 Å². The van der Waals surface area contributed by atoms with Crippen LogP contribution in [0.25, 0.3) is 0 Å². The smallest absolute Gasteiger partial charge is 0.299 e. The Labute approximate surface area is 164 Å². The zero-order valence-corrected chi connectivity index (χ0v) is 15.1. The second-order valence-corrected chi connectivity index (χ2v) is 6.53. The summed E-state index contributed by atoms with van der Waals surface area (Å²) in [5, 5.41) is 22.3. The molecule has 0 radical (unpaired) electrons. The Morgan fingerprint density at radius 2 is 1.62 bits per heavy atom. The zero-order valence-electron chi connectivity index (χ0n) is 15.1. The number of nitro groups is 2. The predicted molar refractivity (Wildman–Crippen MR) is 100 cm³/mol. The Morgan fingerprint density at radius 3 is 2.31 bits per heavy atom. The van der Waals surface area contributed by atoms with Crippen LogP contribution in [0, 0.1) is 20.2 Å². The van der Waals surface area contributed by atoms with Gasteiger partial charge in [0.25, 0.3) is 17.3 Å². The van der Waals surface area contributed by atoms with Gasteiger partial charge in [-0.2, -0.15) is 0 Å². The first-order chi connectivity index (χ1) is 13.9. The van der Waals surface area contributed by atoms with E-state index in [1.54, 1.807) is 28.0 Å². The second-order valence-electron chi connectivity index (χ2n) is 6.53. The highest BCUT2D eigenvalue weighted by molar-refractivity contribution is 5.95. The number of anilines is 1. The van der Waals surface area contributed by atoms with Crippen molar-refractivity contribution in [3.63, 3.8) is 0 Å². The predicted octanol–water partition coefficient (Wildman–Crippen LogP) is 2.19. The van der Waals surface area contributed by atoms with Crippen LogP contribution in [0.15, 0.2) is 36.4 Å². The van der Waals surface area contributed by atoms with E-state index in [4.69, 9.17) is 9.47 Å². The standard InChI is InChI=1S/C18H16N4O7/c23-18(12-1-4-16-17(9-12)29-11-28-16)20-7-5-19(6-8-20)14-3-2-13(21(24)25)10-15(14)22(26)27/h1-4,9-10H,5-8,11H2. The lowest BCUT2D eigenvalue weighted by Gasteiger charge is -2.35. The van der Waals surface area contributed by atoms with Crippen molar-refractivity contribution in [2.45, 2.75) is 0 Å². The molecule has 0 unspecified atom stereocenters. The molecule has 0 N–H and O–H groups in total. The van der Waals surface area contributed by atoms with Gasteiger partial charge < -0.3 is 19.3 Å². The molecule has 4 rings (SSSR count). The first-order valence-electron chi connectivity index (χ1n) is 8.81. The molecule has 2 aromatic carbocycles. The number of nitrogens with zero attached hydrogens (tertiary/aromatic N) is 4. The molecule has 29 heavy (non-hydrogen) atoms. The van der Waals surface area contributed by atoms with Crippen LogP contribution in [-0.2, 0) is 0 Å². The molecule has 2 heterocycles. The molecule has 0 bridgehead atoms. The van der Waals surface area contributed by atoms with Gasteiger partial charge in [-0.25, -0.2) is 0 Å². The molecule has 11 heteroatoms. The third kappa shape index (κ3) is 3.49. The van der Waals surface area contributed by atoms with Gasteiger partial charge in [0.05, 0.1) is 15.9 Å². The highest BCUT2D eigenvalue weighted by Gasteiger charge is 2.28. The molecule has 2 aromatic rings. The van der Waals surface area contributed by atoms with Crippen molar-refractivity contribution in [2.75, 3.05) is 37.9 Å². The van der Waals surface area contributed by atoms with E-state index >= 15 is 0 Å². The van der Waals surface area contributed by atoms with Crippen LogP contribution in [-0.4, -0.2) is 53.6 Å². The molecule has 11 nitrogen and oxygen atoms in total. The number of carbonyl (C=O) groups excluding carboxylic acids is 1. The van der Waals surface area contributed by atoms with Gasteiger partial charge in [-0.15, -0.1) is 0 Å². The van der Waals surface area contributed by atoms with Crippen LogP contribution in [0.1, 0.15) is 10.4 Å². The van der Waals surface area contributed by atoms with Gasteiger partial charge in [0.15, 0.2) is 11.5 Å². The summed E-state index contributed by atoms with van der Waals surface area (Å²) in [5.41, 5.74) is 0.117. The molecular weight excluding hydrogens is 384 g/mol. The van der Waals surface area contributed by atoms with Gasteiger partial charge in [-0.05, 0) is 24.3 Å². The van der Waals surface area contributed by atoms with E-state index in [0.29, 0.717) is 48.9 Å². The van der Waals surface area contributed by atoms with Crippen molar-refractivity contribution in [1.82, 2.24) is 4.90 Å². The van der Waals surface area contributed by atoms with E-state index in [1.165, 1.54) is 12.1 Å². The fourth-order valence-electron chi connectivity index (χ4n) is 3.40. The van der Waals surface area contributed by atoms with Gasteiger partial charge in [0.2, 0.25) is 6.79 Å². The SMILES string of the molecule is O=C(c1ccc2c(c1)OCO2)N1CCN(c2ccc([N+](=O)[O-])cc2[N+](=O)[O-])CC1. The maximum atomic E-state index is 12.8. The van der Waals surface area contributed by atoms with Crippen LogP contribution in [0.3, 0.4) is 0 Å². The summed E-state index contributed by atoms with van der Waals surface area (Å²) in [4.78, 5) is 37.1. The quantitative estimate of drug-likeness (QED) is 0.564. The summed E-state index contributed by atoms with van der Waals surface area (Å²) >= 11 is 0. The lowest BCUT2D eigenvalue weighted by Crippen LogP contribution is -2.49. The first kappa shape index (κ1) is 18.5. The fourth-order valence-corrected chi connectivity index (χ4v) is 3.40. The van der Waals surface area contributed by atoms with E-state index in [1.807, 2.05) is 0 Å². The Balaban J connectivity index is 1.47. The lowest BCUT2D eigenvalue weighted by molar-refractivity contribution is -0.393. The number of benzene rings is 2. The zero-order chi connectivity index (χ0) is 20.5. The molecule has 1 fully saturated rings. The molecular formula is C18H16N4O7. The monoisotopic (exact) mass is 400 g/mol. The number of hydrogen-bond donors (Lipinski definition) is 0. The molecule has 0 aliphatic carbocycles. The van der Waals surface area contributed by atoms with Crippen molar-refractivity contribution in [2.24, 2.45) is 0 Å². The van der Waals surface area contributed by atoms with Crippen LogP contribution in [0.2, 0.25) is 0 Å². The molecule has 150 valence electrons. The molecule has 2 aliphatic rings. The number of carbonyl (C=O) groups is 1. The summed E-state index contributed by atoms with van der Waals surface area (Å²) in [6.07, 6.45) is 0. The van der Waals surface area contributed by atoms with E-state index in [9.17, 15) is 25.0 Å². The summed E-state index contributed by atoms with van der Waals surface area (Å²) in [5.74, 6) is 0.953. The molecule has 0 spiro atoms. The van der Waals surface area contributed by atoms with E-state index in [0.717, 1.165) is 6.07 Å². The number of ether oxygens (including phenoxy) is 2. The Hall–Kier alpha value is -3.89. The van der Waals surface area contributed by atoms with Gasteiger partial charge in [-0.3, -0.25) is 25.0 Å². The molecule has 1 saturated heterocycles. The van der Waals surface area contributed by atoms with Crippen molar-refractivity contribution in [3.8, 4) is 11.5 Å². The third-order valence-electron chi connectivity index (χ3n) is 4.89. The number of hydrogen-bond acceptors (Lipinski definition) is 8. The van der Waals surface area contributed by atoms with Crippen molar-refractivity contribution in [3.05, 3.63) is 62.2 Å². The molecule has 1 amide bonds. The van der Waals surface area contributed by atoms with Crippen molar-refractivity contribution < 1.29 is 24.1 Å². The summed E-state index contributed by atoms with van der Waals surface area (Å²) in [6.45, 7) is 1.59. The van der Waals surface area contributed by atoms with Crippen molar-refractivity contribution in [1.29, 1.82) is 0 Å². The number of fused-ring (bicyclic) bond motifs is 1. The highest BCUT2D eigenvalue weighted by Crippen LogP contribution is 2.34. The number of rotatable bonds is 4. The number of piperazine rings is 1. The summed E-state index contributed by atoms with van der Waals surface area (Å²) < 4.78 is 10.5. The third-order valence-corrected chi connectivity index (χ3v) is 4.89. The topological polar surface area (TPSA) is 128 Å². The maximum Gasteiger partial charge on any atom is 0.299 e. The largest absolute Gasteiger partial charge is 0.454 e. The van der Waals surface area contributed by atoms with Gasteiger partial charge in [0.1, 0.15) is 5.69 Å². The first-order valence-corrected chi connectivity index (χ1v) is 8.81. The minimum absolute atomic E-state index is 0.125. The van der Waals surface area contributed by atoms with Crippen LogP contribution >= 0.6 is 0 Å². The van der Waals surface area contributed by atoms with E-state index in [2.05, 4.69) is 0 Å². The average Bonchev–Trinajstić information content (AvgIpc) is 3.20. The minimum Gasteiger partial charge on any atom is -0.454 e. The molecule has 0 saturated carbocycles. The Kier molecular flexibility index (Phi) is 4.63. The normalized spacial score (nSPS) is 15.3.